The van der Waals surface area contributed by atoms with Crippen LogP contribution in [0.5, 0.6) is 5.75 Å². The molecule has 1 aromatic rings. The standard InChI is InChI=1S/C29H37NO7/c1-18-6-13-24-28(4,15-14-25-29(24,5)17-35-27(2,3)37-25)22(18)12-11-21-23(16-34-26(21)31)36-20-9-7-19(8-10-20)30(32)33/h7-11,22-25H,1,6,12-17H2,2-5H3/b21-11+/t22-,23+,24+,25-,28+,29+/m1/s1. The van der Waals surface area contributed by atoms with E-state index in [4.69, 9.17) is 18.9 Å². The van der Waals surface area contributed by atoms with Crippen molar-refractivity contribution >= 4 is 11.7 Å². The molecule has 0 aromatic heterocycles. The molecule has 2 heterocycles. The van der Waals surface area contributed by atoms with Gasteiger partial charge in [-0.15, -0.1) is 0 Å². The summed E-state index contributed by atoms with van der Waals surface area (Å²) in [4.78, 5) is 23.1. The van der Waals surface area contributed by atoms with E-state index >= 15 is 0 Å². The monoisotopic (exact) mass is 511 g/mol. The lowest BCUT2D eigenvalue weighted by Gasteiger charge is -2.63. The van der Waals surface area contributed by atoms with Crippen LogP contribution in [0.25, 0.3) is 0 Å². The summed E-state index contributed by atoms with van der Waals surface area (Å²) in [5.74, 6) is 0.176. The van der Waals surface area contributed by atoms with Gasteiger partial charge in [-0.05, 0) is 75.3 Å². The maximum Gasteiger partial charge on any atom is 0.337 e. The molecule has 6 atom stereocenters. The largest absolute Gasteiger partial charge is 0.482 e. The van der Waals surface area contributed by atoms with Gasteiger partial charge in [0.15, 0.2) is 11.9 Å². The van der Waals surface area contributed by atoms with Crippen molar-refractivity contribution < 1.29 is 28.7 Å². The average molecular weight is 512 g/mol. The highest BCUT2D eigenvalue weighted by molar-refractivity contribution is 5.91. The maximum absolute atomic E-state index is 12.6. The van der Waals surface area contributed by atoms with Crippen LogP contribution < -0.4 is 4.74 Å². The lowest BCUT2D eigenvalue weighted by atomic mass is 9.46. The molecule has 2 saturated heterocycles. The SMILES string of the molecule is C=C1CC[C@@H]2[C@]3(C)COC(C)(C)O[C@@H]3CC[C@@]2(C)[C@@H]1C/C=C1/C(=O)OC[C@@H]1Oc1ccc([N+](=O)[O-])cc1. The van der Waals surface area contributed by atoms with Crippen molar-refractivity contribution in [1.29, 1.82) is 0 Å². The topological polar surface area (TPSA) is 97.1 Å². The Labute approximate surface area is 218 Å². The van der Waals surface area contributed by atoms with Gasteiger partial charge < -0.3 is 18.9 Å². The molecule has 0 N–H and O–H groups in total. The van der Waals surface area contributed by atoms with E-state index in [1.165, 1.54) is 17.7 Å². The van der Waals surface area contributed by atoms with Crippen LogP contribution in [0.4, 0.5) is 5.69 Å². The van der Waals surface area contributed by atoms with E-state index < -0.39 is 16.8 Å². The zero-order valence-corrected chi connectivity index (χ0v) is 22.2. The Morgan fingerprint density at radius 1 is 1.16 bits per heavy atom. The van der Waals surface area contributed by atoms with Crippen molar-refractivity contribution in [2.75, 3.05) is 13.2 Å². The Morgan fingerprint density at radius 2 is 1.89 bits per heavy atom. The Balaban J connectivity index is 1.35. The minimum atomic E-state index is -0.554. The summed E-state index contributed by atoms with van der Waals surface area (Å²) in [6, 6.07) is 5.87. The van der Waals surface area contributed by atoms with Gasteiger partial charge in [-0.25, -0.2) is 4.79 Å². The fourth-order valence-corrected chi connectivity index (χ4v) is 7.32. The molecule has 37 heavy (non-hydrogen) atoms. The second-order valence-corrected chi connectivity index (χ2v) is 12.0. The molecule has 8 nitrogen and oxygen atoms in total. The number of benzene rings is 1. The van der Waals surface area contributed by atoms with Crippen molar-refractivity contribution in [2.45, 2.75) is 77.8 Å². The number of hydrogen-bond donors (Lipinski definition) is 0. The summed E-state index contributed by atoms with van der Waals surface area (Å²) in [5, 5.41) is 10.9. The van der Waals surface area contributed by atoms with Crippen molar-refractivity contribution in [1.82, 2.24) is 0 Å². The van der Waals surface area contributed by atoms with Crippen LogP contribution >= 0.6 is 0 Å². The number of hydrogen-bond acceptors (Lipinski definition) is 7. The predicted molar refractivity (Wildman–Crippen MR) is 137 cm³/mol. The Morgan fingerprint density at radius 3 is 2.59 bits per heavy atom. The second-order valence-electron chi connectivity index (χ2n) is 12.0. The van der Waals surface area contributed by atoms with Crippen LogP contribution in [0.3, 0.4) is 0 Å². The zero-order valence-electron chi connectivity index (χ0n) is 22.2. The first kappa shape index (κ1) is 25.9. The number of nitro benzene ring substituents is 1. The summed E-state index contributed by atoms with van der Waals surface area (Å²) >= 11 is 0. The summed E-state index contributed by atoms with van der Waals surface area (Å²) < 4.78 is 23.9. The number of nitrogens with zero attached hydrogens (tertiary/aromatic N) is 1. The molecule has 0 bridgehead atoms. The Hall–Kier alpha value is -2.71. The van der Waals surface area contributed by atoms with Crippen molar-refractivity contribution in [3.05, 3.63) is 58.2 Å². The summed E-state index contributed by atoms with van der Waals surface area (Å²) in [5.41, 5.74) is 1.67. The number of carbonyl (C=O) groups is 1. The number of nitro groups is 1. The van der Waals surface area contributed by atoms with Gasteiger partial charge in [0.25, 0.3) is 5.69 Å². The van der Waals surface area contributed by atoms with E-state index in [1.54, 1.807) is 12.1 Å². The van der Waals surface area contributed by atoms with Gasteiger partial charge >= 0.3 is 5.97 Å². The van der Waals surface area contributed by atoms with Crippen molar-refractivity contribution in [3.63, 3.8) is 0 Å². The van der Waals surface area contributed by atoms with E-state index in [0.29, 0.717) is 30.3 Å². The van der Waals surface area contributed by atoms with Crippen LogP contribution in [0, 0.1) is 32.8 Å². The molecule has 2 aliphatic carbocycles. The van der Waals surface area contributed by atoms with Crippen molar-refractivity contribution in [3.8, 4) is 5.75 Å². The van der Waals surface area contributed by atoms with Gasteiger partial charge in [-0.2, -0.15) is 0 Å². The maximum atomic E-state index is 12.6. The normalized spacial score (nSPS) is 38.0. The molecule has 0 radical (unpaired) electrons. The molecular formula is C29H37NO7. The number of ether oxygens (including phenoxy) is 4. The number of cyclic esters (lactones) is 1. The van der Waals surface area contributed by atoms with Crippen LogP contribution in [-0.2, 0) is 19.0 Å². The minimum absolute atomic E-state index is 0.0128. The fourth-order valence-electron chi connectivity index (χ4n) is 7.32. The molecule has 4 aliphatic rings. The first-order valence-corrected chi connectivity index (χ1v) is 13.2. The molecule has 0 spiro atoms. The molecule has 0 unspecified atom stereocenters. The minimum Gasteiger partial charge on any atom is -0.482 e. The average Bonchev–Trinajstić information content (AvgIpc) is 3.18. The van der Waals surface area contributed by atoms with Crippen LogP contribution in [-0.4, -0.2) is 42.1 Å². The number of esters is 1. The Bertz CT molecular complexity index is 1130. The molecule has 1 aromatic carbocycles. The second kappa shape index (κ2) is 9.24. The molecule has 8 heteroatoms. The third-order valence-electron chi connectivity index (χ3n) is 9.32. The third kappa shape index (κ3) is 4.59. The summed E-state index contributed by atoms with van der Waals surface area (Å²) in [6.07, 6.45) is 6.31. The molecule has 200 valence electrons. The zero-order chi connectivity index (χ0) is 26.6. The first-order chi connectivity index (χ1) is 17.4. The van der Waals surface area contributed by atoms with Crippen LogP contribution in [0.1, 0.15) is 59.8 Å². The highest BCUT2D eigenvalue weighted by Crippen LogP contribution is 2.63. The molecule has 4 fully saturated rings. The van der Waals surface area contributed by atoms with Gasteiger partial charge in [0.05, 0.1) is 23.2 Å². The molecule has 5 rings (SSSR count). The lowest BCUT2D eigenvalue weighted by Crippen LogP contribution is -2.62. The smallest absolute Gasteiger partial charge is 0.337 e. The number of carbonyl (C=O) groups excluding carboxylic acids is 1. The van der Waals surface area contributed by atoms with Gasteiger partial charge in [0, 0.05) is 17.5 Å². The first-order valence-electron chi connectivity index (χ1n) is 13.2. The van der Waals surface area contributed by atoms with E-state index in [-0.39, 0.29) is 41.1 Å². The summed E-state index contributed by atoms with van der Waals surface area (Å²) in [6.45, 7) is 14.0. The molecule has 0 amide bonds. The molecule has 2 saturated carbocycles. The predicted octanol–water partition coefficient (Wildman–Crippen LogP) is 5.76. The Kier molecular flexibility index (Phi) is 6.47. The van der Waals surface area contributed by atoms with Crippen LogP contribution in [0.2, 0.25) is 0 Å². The quantitative estimate of drug-likeness (QED) is 0.163. The van der Waals surface area contributed by atoms with Crippen LogP contribution in [0.15, 0.2) is 48.1 Å². The number of allylic oxidation sites excluding steroid dienone is 2. The van der Waals surface area contributed by atoms with Gasteiger partial charge in [0.1, 0.15) is 12.4 Å². The number of non-ortho nitro benzene ring substituents is 1. The van der Waals surface area contributed by atoms with E-state index in [1.807, 2.05) is 19.9 Å². The third-order valence-corrected chi connectivity index (χ3v) is 9.32. The van der Waals surface area contributed by atoms with E-state index in [2.05, 4.69) is 20.4 Å². The number of rotatable bonds is 5. The highest BCUT2D eigenvalue weighted by atomic mass is 16.7. The van der Waals surface area contributed by atoms with Gasteiger partial charge in [-0.1, -0.05) is 32.1 Å². The van der Waals surface area contributed by atoms with Crippen molar-refractivity contribution in [2.24, 2.45) is 22.7 Å². The van der Waals surface area contributed by atoms with Gasteiger partial charge in [0.2, 0.25) is 0 Å². The molecular weight excluding hydrogens is 474 g/mol. The summed E-state index contributed by atoms with van der Waals surface area (Å²) in [7, 11) is 0. The fraction of sp³-hybridized carbons (Fsp3) is 0.621. The van der Waals surface area contributed by atoms with Gasteiger partial charge in [-0.3, -0.25) is 10.1 Å². The number of fused-ring (bicyclic) bond motifs is 3. The highest BCUT2D eigenvalue weighted by Gasteiger charge is 2.60. The lowest BCUT2D eigenvalue weighted by molar-refractivity contribution is -0.384. The van der Waals surface area contributed by atoms with E-state index in [0.717, 1.165) is 25.7 Å². The molecule has 2 aliphatic heterocycles. The van der Waals surface area contributed by atoms with E-state index in [9.17, 15) is 14.9 Å².